The van der Waals surface area contributed by atoms with Crippen LogP contribution >= 0.6 is 0 Å². The Balaban J connectivity index is 1.32. The van der Waals surface area contributed by atoms with Gasteiger partial charge in [-0.1, -0.05) is 127 Å². The Labute approximate surface area is 227 Å². The van der Waals surface area contributed by atoms with Crippen molar-refractivity contribution >= 4 is 28.7 Å². The van der Waals surface area contributed by atoms with Gasteiger partial charge in [0.1, 0.15) is 12.0 Å². The first-order chi connectivity index (χ1) is 19.3. The third kappa shape index (κ3) is 4.47. The molecule has 2 aliphatic rings. The number of hydrogen-bond acceptors (Lipinski definition) is 4. The Morgan fingerprint density at radius 2 is 1.33 bits per heavy atom. The maximum absolute atomic E-state index is 5.02. The van der Waals surface area contributed by atoms with E-state index in [0.717, 1.165) is 33.9 Å². The smallest absolute Gasteiger partial charge is 0.159 e. The fourth-order valence-electron chi connectivity index (χ4n) is 5.30. The topological polar surface area (TPSA) is 49.1 Å². The standard InChI is InChI=1S/C35H26N4/c1-3-11-26(12-4-1)33-37-34(27-13-5-2-6-14-27)39-35(38-33)28-19-17-25(18-20-28)32-29-15-8-7-10-24(29)21-22-30(32)31-16-9-23-36-31/h1-23,31,33H,(H,37,38,39). The second kappa shape index (κ2) is 9.99. The molecule has 0 aromatic heterocycles. The van der Waals surface area contributed by atoms with Gasteiger partial charge >= 0.3 is 0 Å². The SMILES string of the molecule is C1=CC(c2ccc3ccccc3c2-c2ccc(C3=NC(c4ccccc4)NC(c4ccccc4)=N3)cc2)N=C1. The largest absolute Gasteiger partial charge is 0.344 e. The zero-order valence-corrected chi connectivity index (χ0v) is 21.3. The summed E-state index contributed by atoms with van der Waals surface area (Å²) in [5.74, 6) is 1.54. The molecule has 5 aromatic carbocycles. The Hall–Kier alpha value is -5.09. The first kappa shape index (κ1) is 23.1. The van der Waals surface area contributed by atoms with Gasteiger partial charge in [-0.3, -0.25) is 4.99 Å². The van der Waals surface area contributed by atoms with Crippen molar-refractivity contribution in [3.05, 3.63) is 156 Å². The van der Waals surface area contributed by atoms with Crippen LogP contribution in [0.1, 0.15) is 34.5 Å². The molecule has 39 heavy (non-hydrogen) atoms. The van der Waals surface area contributed by atoms with Crippen molar-refractivity contribution in [2.24, 2.45) is 15.0 Å². The quantitative estimate of drug-likeness (QED) is 0.263. The van der Waals surface area contributed by atoms with Gasteiger partial charge in [-0.2, -0.15) is 0 Å². The lowest BCUT2D eigenvalue weighted by atomic mass is 9.89. The summed E-state index contributed by atoms with van der Waals surface area (Å²) in [4.78, 5) is 14.7. The number of hydrogen-bond donors (Lipinski definition) is 1. The van der Waals surface area contributed by atoms with Gasteiger partial charge in [-0.05, 0) is 39.1 Å². The molecule has 5 aromatic rings. The molecule has 0 bridgehead atoms. The fourth-order valence-corrected chi connectivity index (χ4v) is 5.30. The molecule has 2 aliphatic heterocycles. The van der Waals surface area contributed by atoms with E-state index in [2.05, 4.69) is 101 Å². The summed E-state index contributed by atoms with van der Waals surface area (Å²) < 4.78 is 0. The van der Waals surface area contributed by atoms with Gasteiger partial charge in [0, 0.05) is 17.3 Å². The fraction of sp³-hybridized carbons (Fsp3) is 0.0571. The molecule has 2 heterocycles. The van der Waals surface area contributed by atoms with Gasteiger partial charge in [-0.25, -0.2) is 9.98 Å². The molecule has 186 valence electrons. The minimum atomic E-state index is -0.217. The number of rotatable bonds is 5. The van der Waals surface area contributed by atoms with Crippen molar-refractivity contribution in [2.45, 2.75) is 12.2 Å². The van der Waals surface area contributed by atoms with Gasteiger partial charge in [0.15, 0.2) is 5.84 Å². The lowest BCUT2D eigenvalue weighted by Crippen LogP contribution is -2.33. The van der Waals surface area contributed by atoms with Crippen LogP contribution < -0.4 is 5.32 Å². The van der Waals surface area contributed by atoms with E-state index in [1.54, 1.807) is 0 Å². The first-order valence-corrected chi connectivity index (χ1v) is 13.2. The molecule has 4 heteroatoms. The van der Waals surface area contributed by atoms with E-state index >= 15 is 0 Å². The summed E-state index contributed by atoms with van der Waals surface area (Å²) in [5, 5.41) is 5.97. The maximum atomic E-state index is 5.02. The monoisotopic (exact) mass is 502 g/mol. The summed E-state index contributed by atoms with van der Waals surface area (Å²) in [6.45, 7) is 0. The summed E-state index contributed by atoms with van der Waals surface area (Å²) >= 11 is 0. The van der Waals surface area contributed by atoms with Gasteiger partial charge in [0.2, 0.25) is 0 Å². The van der Waals surface area contributed by atoms with E-state index < -0.39 is 0 Å². The molecule has 0 fully saturated rings. The molecule has 2 unspecified atom stereocenters. The van der Waals surface area contributed by atoms with Crippen LogP contribution in [-0.2, 0) is 0 Å². The van der Waals surface area contributed by atoms with Crippen LogP contribution in [0.15, 0.2) is 148 Å². The number of nitrogens with zero attached hydrogens (tertiary/aromatic N) is 3. The molecular weight excluding hydrogens is 476 g/mol. The van der Waals surface area contributed by atoms with E-state index in [4.69, 9.17) is 9.98 Å². The number of benzene rings is 5. The molecule has 0 amide bonds. The number of amidine groups is 2. The van der Waals surface area contributed by atoms with Crippen LogP contribution in [0.25, 0.3) is 21.9 Å². The Morgan fingerprint density at radius 3 is 2.10 bits per heavy atom. The van der Waals surface area contributed by atoms with Crippen molar-refractivity contribution in [1.82, 2.24) is 5.32 Å². The van der Waals surface area contributed by atoms with E-state index in [1.807, 2.05) is 48.7 Å². The average molecular weight is 503 g/mol. The van der Waals surface area contributed by atoms with Crippen molar-refractivity contribution < 1.29 is 0 Å². The molecule has 2 atom stereocenters. The van der Waals surface area contributed by atoms with Crippen LogP contribution in [-0.4, -0.2) is 17.9 Å². The highest BCUT2D eigenvalue weighted by atomic mass is 15.2. The highest BCUT2D eigenvalue weighted by Gasteiger charge is 2.22. The summed E-state index contributed by atoms with van der Waals surface area (Å²) in [5.41, 5.74) is 6.70. The zero-order valence-electron chi connectivity index (χ0n) is 21.3. The predicted molar refractivity (Wildman–Crippen MR) is 162 cm³/mol. The van der Waals surface area contributed by atoms with Crippen LogP contribution in [0.2, 0.25) is 0 Å². The predicted octanol–water partition coefficient (Wildman–Crippen LogP) is 7.68. The molecule has 0 aliphatic carbocycles. The molecule has 4 nitrogen and oxygen atoms in total. The highest BCUT2D eigenvalue weighted by molar-refractivity contribution is 6.13. The lowest BCUT2D eigenvalue weighted by Gasteiger charge is -2.23. The molecular formula is C35H26N4. The Morgan fingerprint density at radius 1 is 0.615 bits per heavy atom. The minimum Gasteiger partial charge on any atom is -0.344 e. The summed E-state index contributed by atoms with van der Waals surface area (Å²) in [7, 11) is 0. The molecule has 7 rings (SSSR count). The Bertz CT molecular complexity index is 1750. The van der Waals surface area contributed by atoms with Gasteiger partial charge in [0.05, 0.1) is 6.04 Å². The highest BCUT2D eigenvalue weighted by Crippen LogP contribution is 2.38. The average Bonchev–Trinajstić information content (AvgIpc) is 3.56. The first-order valence-electron chi connectivity index (χ1n) is 13.2. The van der Waals surface area contributed by atoms with Crippen molar-refractivity contribution in [3.8, 4) is 11.1 Å². The third-order valence-corrected chi connectivity index (χ3v) is 7.24. The molecule has 0 saturated heterocycles. The second-order valence-corrected chi connectivity index (χ2v) is 9.69. The number of fused-ring (bicyclic) bond motifs is 1. The van der Waals surface area contributed by atoms with Crippen LogP contribution in [0.3, 0.4) is 0 Å². The minimum absolute atomic E-state index is 0.0303. The van der Waals surface area contributed by atoms with Gasteiger partial charge < -0.3 is 5.32 Å². The van der Waals surface area contributed by atoms with E-state index in [-0.39, 0.29) is 12.2 Å². The second-order valence-electron chi connectivity index (χ2n) is 9.69. The molecule has 0 spiro atoms. The summed E-state index contributed by atoms with van der Waals surface area (Å²) in [6.07, 6.45) is 5.83. The van der Waals surface area contributed by atoms with Crippen LogP contribution in [0.4, 0.5) is 0 Å². The van der Waals surface area contributed by atoms with Gasteiger partial charge in [0.25, 0.3) is 0 Å². The zero-order chi connectivity index (χ0) is 26.0. The van der Waals surface area contributed by atoms with Crippen LogP contribution in [0, 0.1) is 0 Å². The van der Waals surface area contributed by atoms with E-state index in [9.17, 15) is 0 Å². The molecule has 1 N–H and O–H groups in total. The van der Waals surface area contributed by atoms with Crippen molar-refractivity contribution in [3.63, 3.8) is 0 Å². The third-order valence-electron chi connectivity index (χ3n) is 7.24. The van der Waals surface area contributed by atoms with Crippen molar-refractivity contribution in [2.75, 3.05) is 0 Å². The lowest BCUT2D eigenvalue weighted by molar-refractivity contribution is 0.674. The number of nitrogens with one attached hydrogen (secondary N) is 1. The van der Waals surface area contributed by atoms with E-state index in [0.29, 0.717) is 0 Å². The molecule has 0 saturated carbocycles. The number of aliphatic imine (C=N–C) groups is 3. The molecule has 0 radical (unpaired) electrons. The Kier molecular flexibility index (Phi) is 5.91. The normalized spacial score (nSPS) is 18.1. The number of allylic oxidation sites excluding steroid dienone is 1. The van der Waals surface area contributed by atoms with Crippen LogP contribution in [0.5, 0.6) is 0 Å². The summed E-state index contributed by atoms with van der Waals surface area (Å²) in [6, 6.07) is 42.1. The maximum Gasteiger partial charge on any atom is 0.159 e. The van der Waals surface area contributed by atoms with Crippen molar-refractivity contribution in [1.29, 1.82) is 0 Å². The van der Waals surface area contributed by atoms with Gasteiger partial charge in [-0.15, -0.1) is 0 Å². The van der Waals surface area contributed by atoms with E-state index in [1.165, 1.54) is 21.9 Å².